The van der Waals surface area contributed by atoms with E-state index in [1.165, 1.54) is 5.56 Å². The van der Waals surface area contributed by atoms with Crippen molar-refractivity contribution in [2.45, 2.75) is 126 Å². The molecule has 21 heteroatoms. The average molecular weight is 1090 g/mol. The summed E-state index contributed by atoms with van der Waals surface area (Å²) in [6, 6.07) is 8.36. The van der Waals surface area contributed by atoms with Crippen molar-refractivity contribution in [3.63, 3.8) is 0 Å². The topological polar surface area (TPSA) is 263 Å². The van der Waals surface area contributed by atoms with Gasteiger partial charge in [-0.15, -0.1) is 0 Å². The molecule has 408 valence electrons. The molecule has 1 unspecified atom stereocenters. The van der Waals surface area contributed by atoms with Gasteiger partial charge in [-0.05, 0) is 108 Å². The van der Waals surface area contributed by atoms with E-state index in [4.69, 9.17) is 39.0 Å². The van der Waals surface area contributed by atoms with Gasteiger partial charge in [0.15, 0.2) is 0 Å². The van der Waals surface area contributed by atoms with Gasteiger partial charge in [0.1, 0.15) is 47.6 Å². The van der Waals surface area contributed by atoms with Gasteiger partial charge in [-0.25, -0.2) is 19.5 Å². The van der Waals surface area contributed by atoms with Crippen LogP contribution in [0, 0.1) is 13.8 Å². The van der Waals surface area contributed by atoms with Crippen LogP contribution in [0.25, 0.3) is 0 Å². The van der Waals surface area contributed by atoms with Crippen molar-refractivity contribution >= 4 is 47.1 Å². The van der Waals surface area contributed by atoms with Crippen LogP contribution in [0.4, 0.5) is 4.79 Å². The predicted octanol–water partition coefficient (Wildman–Crippen LogP) is 8.82. The highest BCUT2D eigenvalue weighted by molar-refractivity contribution is 7.57. The number of rotatable bonds is 26. The van der Waals surface area contributed by atoms with Crippen LogP contribution in [-0.4, -0.2) is 110 Å². The summed E-state index contributed by atoms with van der Waals surface area (Å²) in [7, 11) is -9.03. The molecule has 0 saturated heterocycles. The maximum absolute atomic E-state index is 13.8. The van der Waals surface area contributed by atoms with Gasteiger partial charge in [0, 0.05) is 56.5 Å². The van der Waals surface area contributed by atoms with Crippen molar-refractivity contribution in [3.8, 4) is 17.2 Å². The molecule has 3 aromatic carbocycles. The lowest BCUT2D eigenvalue weighted by Gasteiger charge is -2.24. The normalized spacial score (nSPS) is 14.7. The van der Waals surface area contributed by atoms with Gasteiger partial charge in [-0.3, -0.25) is 13.9 Å². The van der Waals surface area contributed by atoms with Crippen molar-refractivity contribution in [1.82, 2.24) is 15.3 Å². The van der Waals surface area contributed by atoms with Gasteiger partial charge in [0.05, 0.1) is 25.5 Å². The maximum atomic E-state index is 13.8. The van der Waals surface area contributed by atoms with E-state index in [-0.39, 0.29) is 49.7 Å². The molecule has 7 N–H and O–H groups in total. The SMILES string of the molecule is CCOC(=O)[C@H](C)NP(=O)(CCNC/C(C)=C/Cc1c(CC)c(C)c2c(c1OCC[Si](C)(C)C)C(=O)OC2)Oc1ccccc1.CCc1c(C)c2c(c(O)c1C/C=C(\C)CN(CCP(=O)(O)O)C(N)=O)C(=O)OC2. The Balaban J connectivity index is 0.000000352. The average Bonchev–Trinajstić information content (AvgIpc) is 3.92. The summed E-state index contributed by atoms with van der Waals surface area (Å²) >= 11 is 0. The second-order valence-electron chi connectivity index (χ2n) is 19.8. The van der Waals surface area contributed by atoms with E-state index in [1.54, 1.807) is 51.1 Å². The van der Waals surface area contributed by atoms with E-state index in [0.717, 1.165) is 56.3 Å². The molecule has 2 aliphatic heterocycles. The molecular formula is C53H78N4O14P2Si. The number of benzene rings is 3. The number of hydrogen-bond acceptors (Lipinski definition) is 13. The minimum atomic E-state index is -4.25. The lowest BCUT2D eigenvalue weighted by Crippen LogP contribution is -2.38. The zero-order chi connectivity index (χ0) is 55.1. The summed E-state index contributed by atoms with van der Waals surface area (Å²) in [6.45, 7) is 24.3. The molecule has 5 rings (SSSR count). The van der Waals surface area contributed by atoms with Gasteiger partial charge in [-0.1, -0.05) is 75.0 Å². The Kier molecular flexibility index (Phi) is 22.8. The summed E-state index contributed by atoms with van der Waals surface area (Å²) in [6.07, 6.45) is 6.08. The number of cyclic esters (lactones) is 2. The Hall–Kier alpha value is -5.26. The van der Waals surface area contributed by atoms with E-state index >= 15 is 0 Å². The second kappa shape index (κ2) is 27.5. The van der Waals surface area contributed by atoms with Crippen LogP contribution in [0.1, 0.15) is 107 Å². The molecule has 0 bridgehead atoms. The van der Waals surface area contributed by atoms with E-state index in [0.29, 0.717) is 73.8 Å². The van der Waals surface area contributed by atoms with Gasteiger partial charge in [0.25, 0.3) is 0 Å². The first-order valence-corrected chi connectivity index (χ1v) is 32.4. The van der Waals surface area contributed by atoms with E-state index in [1.807, 2.05) is 26.8 Å². The number of carbonyl (C=O) groups excluding carboxylic acids is 4. The molecule has 74 heavy (non-hydrogen) atoms. The van der Waals surface area contributed by atoms with Crippen LogP contribution in [0.2, 0.25) is 25.7 Å². The molecule has 0 radical (unpaired) electrons. The molecular weight excluding hydrogens is 1010 g/mol. The molecule has 2 aliphatic rings. The molecule has 3 aromatic rings. The van der Waals surface area contributed by atoms with Crippen LogP contribution in [0.5, 0.6) is 17.2 Å². The number of urea groups is 1. The fourth-order valence-corrected chi connectivity index (χ4v) is 11.8. The van der Waals surface area contributed by atoms with Gasteiger partial charge in [0.2, 0.25) is 0 Å². The molecule has 2 atom stereocenters. The monoisotopic (exact) mass is 1080 g/mol. The highest BCUT2D eigenvalue weighted by Crippen LogP contribution is 2.44. The number of nitrogens with two attached hydrogens (primary N) is 1. The summed E-state index contributed by atoms with van der Waals surface area (Å²) in [4.78, 5) is 67.7. The number of primary amides is 1. The third-order valence-electron chi connectivity index (χ3n) is 12.8. The number of aromatic hydroxyl groups is 1. The highest BCUT2D eigenvalue weighted by Gasteiger charge is 2.34. The third kappa shape index (κ3) is 17.4. The van der Waals surface area contributed by atoms with Crippen molar-refractivity contribution < 1.29 is 66.7 Å². The Bertz CT molecular complexity index is 2660. The number of nitrogens with one attached hydrogen (secondary N) is 2. The van der Waals surface area contributed by atoms with Crippen molar-refractivity contribution in [2.75, 3.05) is 51.7 Å². The molecule has 18 nitrogen and oxygen atoms in total. The summed E-state index contributed by atoms with van der Waals surface area (Å²) < 4.78 is 52.8. The number of fused-ring (bicyclic) bond motifs is 2. The number of esters is 3. The van der Waals surface area contributed by atoms with Crippen molar-refractivity contribution in [3.05, 3.63) is 109 Å². The van der Waals surface area contributed by atoms with E-state index < -0.39 is 53.4 Å². The number of phenols is 1. The molecule has 0 spiro atoms. The predicted molar refractivity (Wildman–Crippen MR) is 289 cm³/mol. The largest absolute Gasteiger partial charge is 0.507 e. The van der Waals surface area contributed by atoms with Gasteiger partial charge in [-0.2, -0.15) is 0 Å². The number of ether oxygens (including phenoxy) is 4. The second-order valence-corrected chi connectivity index (χ2v) is 29.4. The van der Waals surface area contributed by atoms with Crippen LogP contribution in [0.15, 0.2) is 53.6 Å². The molecule has 0 aromatic heterocycles. The molecule has 0 saturated carbocycles. The minimum Gasteiger partial charge on any atom is -0.507 e. The minimum absolute atomic E-state index is 0.0812. The van der Waals surface area contributed by atoms with Crippen LogP contribution in [0.3, 0.4) is 0 Å². The smallest absolute Gasteiger partial charge is 0.342 e. The standard InChI is InChI=1S/C34H51N2O7PSi.C19H27N2O7P/c1-9-28-25(4)30-23-42-34(38)31(30)32(41-19-21-45(6,7)8)29(28)17-16-24(3)22-35-18-20-44(39,36-26(5)33(37)40-10-2)43-27-14-12-11-13-15-27;1-4-13-12(3)15-10-28-18(23)16(15)17(22)14(13)6-5-11(2)9-21(19(20)24)7-8-29(25,26)27/h11-16,26,35H,9-10,17-23H2,1-8H3,(H,36,39);5,22H,4,6-10H2,1-3H3,(H2,20,24)(H2,25,26,27)/b24-16+;11-5+/t26-,44?;/m0./s1. The van der Waals surface area contributed by atoms with Crippen LogP contribution in [-0.2, 0) is 67.0 Å². The molecule has 0 aliphatic carbocycles. The summed E-state index contributed by atoms with van der Waals surface area (Å²) in [5.41, 5.74) is 15.4. The molecule has 0 fully saturated rings. The summed E-state index contributed by atoms with van der Waals surface area (Å²) in [5, 5.41) is 16.9. The van der Waals surface area contributed by atoms with Crippen molar-refractivity contribution in [1.29, 1.82) is 0 Å². The molecule has 2 heterocycles. The number of carbonyl (C=O) groups is 4. The first kappa shape index (κ1) is 61.3. The summed E-state index contributed by atoms with van der Waals surface area (Å²) in [5.74, 6) is -0.277. The van der Waals surface area contributed by atoms with Crippen LogP contribution >= 0.6 is 15.1 Å². The maximum Gasteiger partial charge on any atom is 0.342 e. The first-order chi connectivity index (χ1) is 34.7. The van der Waals surface area contributed by atoms with E-state index in [2.05, 4.69) is 50.0 Å². The molecule has 2 amide bonds. The zero-order valence-corrected chi connectivity index (χ0v) is 47.8. The third-order valence-corrected chi connectivity index (χ3v) is 17.4. The highest BCUT2D eigenvalue weighted by atomic mass is 31.2. The number of hydrogen-bond donors (Lipinski definition) is 6. The number of para-hydroxylation sites is 1. The van der Waals surface area contributed by atoms with Gasteiger partial charge >= 0.3 is 39.1 Å². The Morgan fingerprint density at radius 3 is 2.00 bits per heavy atom. The Labute approximate surface area is 437 Å². The lowest BCUT2D eigenvalue weighted by atomic mass is 9.89. The Morgan fingerprint density at radius 1 is 0.865 bits per heavy atom. The fraction of sp³-hybridized carbons (Fsp3) is 0.509. The lowest BCUT2D eigenvalue weighted by molar-refractivity contribution is -0.144. The first-order valence-electron chi connectivity index (χ1n) is 25.1. The number of phenolic OH excluding ortho intramolecular Hbond substituents is 1. The van der Waals surface area contributed by atoms with E-state index in [9.17, 15) is 33.4 Å². The Morgan fingerprint density at radius 2 is 1.43 bits per heavy atom. The number of amides is 2. The van der Waals surface area contributed by atoms with Gasteiger partial charge < -0.3 is 54.3 Å². The van der Waals surface area contributed by atoms with Crippen molar-refractivity contribution in [2.24, 2.45) is 5.73 Å². The number of nitrogens with zero attached hydrogens (tertiary/aromatic N) is 1. The number of allylic oxidation sites excluding steroid dienone is 2. The van der Waals surface area contributed by atoms with Crippen LogP contribution < -0.4 is 25.4 Å². The quantitative estimate of drug-likeness (QED) is 0.0110. The fourth-order valence-electron chi connectivity index (χ4n) is 8.70. The zero-order valence-electron chi connectivity index (χ0n) is 45.0.